The topological polar surface area (TPSA) is 12.0 Å². The zero-order chi connectivity index (χ0) is 14.4. The molecule has 0 spiro atoms. The van der Waals surface area contributed by atoms with E-state index >= 15 is 0 Å². The molecule has 1 nitrogen and oxygen atoms in total. The lowest BCUT2D eigenvalue weighted by molar-refractivity contribution is 0.472. The van der Waals surface area contributed by atoms with Gasteiger partial charge >= 0.3 is 0 Å². The van der Waals surface area contributed by atoms with Gasteiger partial charge in [0.25, 0.3) is 0 Å². The lowest BCUT2D eigenvalue weighted by atomic mass is 9.99. The van der Waals surface area contributed by atoms with Gasteiger partial charge in [-0.05, 0) is 24.0 Å². The molecule has 2 unspecified atom stereocenters. The summed E-state index contributed by atoms with van der Waals surface area (Å²) < 4.78 is 13.8. The largest absolute Gasteiger partial charge is 0.309 e. The maximum absolute atomic E-state index is 13.8. The van der Waals surface area contributed by atoms with Gasteiger partial charge in [-0.3, -0.25) is 0 Å². The molecule has 0 heterocycles. The standard InChI is InChI=1S/C18H22FN/c1-3-18(16-11-7-8-12-17(16)19)20-13-14(2)15-9-5-4-6-10-15/h4-12,14,18,20H,3,13H2,1-2H3. The van der Waals surface area contributed by atoms with E-state index in [0.717, 1.165) is 18.5 Å². The van der Waals surface area contributed by atoms with Crippen LogP contribution in [0.4, 0.5) is 4.39 Å². The van der Waals surface area contributed by atoms with E-state index in [-0.39, 0.29) is 11.9 Å². The number of rotatable bonds is 6. The Hall–Kier alpha value is -1.67. The molecule has 0 aliphatic rings. The molecular formula is C18H22FN. The van der Waals surface area contributed by atoms with Crippen LogP contribution < -0.4 is 5.32 Å². The van der Waals surface area contributed by atoms with Gasteiger partial charge in [0.1, 0.15) is 5.82 Å². The van der Waals surface area contributed by atoms with Crippen molar-refractivity contribution in [3.63, 3.8) is 0 Å². The molecule has 2 heteroatoms. The van der Waals surface area contributed by atoms with Crippen molar-refractivity contribution < 1.29 is 4.39 Å². The molecule has 20 heavy (non-hydrogen) atoms. The molecule has 0 aliphatic carbocycles. The van der Waals surface area contributed by atoms with E-state index in [1.54, 1.807) is 6.07 Å². The average molecular weight is 271 g/mol. The van der Waals surface area contributed by atoms with E-state index in [0.29, 0.717) is 5.92 Å². The fourth-order valence-corrected chi connectivity index (χ4v) is 2.45. The second-order valence-electron chi connectivity index (χ2n) is 5.20. The van der Waals surface area contributed by atoms with E-state index in [9.17, 15) is 4.39 Å². The third kappa shape index (κ3) is 3.67. The first-order chi connectivity index (χ1) is 9.72. The van der Waals surface area contributed by atoms with Crippen LogP contribution in [0.25, 0.3) is 0 Å². The van der Waals surface area contributed by atoms with Gasteiger partial charge in [0.2, 0.25) is 0 Å². The highest BCUT2D eigenvalue weighted by Gasteiger charge is 2.14. The van der Waals surface area contributed by atoms with E-state index in [4.69, 9.17) is 0 Å². The fraction of sp³-hybridized carbons (Fsp3) is 0.333. The molecule has 0 fully saturated rings. The maximum atomic E-state index is 13.8. The summed E-state index contributed by atoms with van der Waals surface area (Å²) in [6, 6.07) is 17.5. The summed E-state index contributed by atoms with van der Waals surface area (Å²) in [6.45, 7) is 5.12. The molecule has 0 aromatic heterocycles. The predicted molar refractivity (Wildman–Crippen MR) is 82.3 cm³/mol. The number of hydrogen-bond acceptors (Lipinski definition) is 1. The Bertz CT molecular complexity index is 524. The molecule has 1 N–H and O–H groups in total. The van der Waals surface area contributed by atoms with Crippen molar-refractivity contribution in [1.29, 1.82) is 0 Å². The summed E-state index contributed by atoms with van der Waals surface area (Å²) in [4.78, 5) is 0. The molecule has 0 saturated heterocycles. The van der Waals surface area contributed by atoms with Gasteiger partial charge in [-0.2, -0.15) is 0 Å². The monoisotopic (exact) mass is 271 g/mol. The molecule has 0 saturated carbocycles. The number of benzene rings is 2. The van der Waals surface area contributed by atoms with Crippen molar-refractivity contribution in [3.8, 4) is 0 Å². The molecule has 0 radical (unpaired) electrons. The average Bonchev–Trinajstić information content (AvgIpc) is 2.50. The normalized spacial score (nSPS) is 13.9. The van der Waals surface area contributed by atoms with Crippen LogP contribution in [0.15, 0.2) is 54.6 Å². The zero-order valence-corrected chi connectivity index (χ0v) is 12.1. The van der Waals surface area contributed by atoms with Crippen LogP contribution in [0.2, 0.25) is 0 Å². The van der Waals surface area contributed by atoms with Crippen LogP contribution in [0, 0.1) is 5.82 Å². The van der Waals surface area contributed by atoms with Crippen molar-refractivity contribution in [1.82, 2.24) is 5.32 Å². The highest BCUT2D eigenvalue weighted by molar-refractivity contribution is 5.22. The number of nitrogens with one attached hydrogen (secondary N) is 1. The Morgan fingerprint density at radius 3 is 2.30 bits per heavy atom. The Morgan fingerprint density at radius 1 is 1.00 bits per heavy atom. The van der Waals surface area contributed by atoms with Gasteiger partial charge in [-0.15, -0.1) is 0 Å². The third-order valence-corrected chi connectivity index (χ3v) is 3.73. The molecular weight excluding hydrogens is 249 g/mol. The van der Waals surface area contributed by atoms with Crippen molar-refractivity contribution in [3.05, 3.63) is 71.5 Å². The van der Waals surface area contributed by atoms with Crippen molar-refractivity contribution >= 4 is 0 Å². The third-order valence-electron chi connectivity index (χ3n) is 3.73. The lowest BCUT2D eigenvalue weighted by Crippen LogP contribution is -2.25. The Labute approximate surface area is 120 Å². The summed E-state index contributed by atoms with van der Waals surface area (Å²) in [5.74, 6) is 0.288. The van der Waals surface area contributed by atoms with E-state index < -0.39 is 0 Å². The lowest BCUT2D eigenvalue weighted by Gasteiger charge is -2.21. The number of halogens is 1. The van der Waals surface area contributed by atoms with Gasteiger partial charge in [-0.25, -0.2) is 4.39 Å². The van der Waals surface area contributed by atoms with Gasteiger partial charge in [0.05, 0.1) is 0 Å². The molecule has 2 aromatic carbocycles. The summed E-state index contributed by atoms with van der Waals surface area (Å²) in [5, 5.41) is 3.48. The van der Waals surface area contributed by atoms with Crippen molar-refractivity contribution in [2.24, 2.45) is 0 Å². The summed E-state index contributed by atoms with van der Waals surface area (Å²) in [7, 11) is 0. The molecule has 0 amide bonds. The maximum Gasteiger partial charge on any atom is 0.127 e. The molecule has 2 rings (SSSR count). The van der Waals surface area contributed by atoms with Crippen LogP contribution in [-0.2, 0) is 0 Å². The summed E-state index contributed by atoms with van der Waals surface area (Å²) in [5.41, 5.74) is 2.07. The predicted octanol–water partition coefficient (Wildman–Crippen LogP) is 4.67. The highest BCUT2D eigenvalue weighted by atomic mass is 19.1. The minimum Gasteiger partial charge on any atom is -0.309 e. The first-order valence-corrected chi connectivity index (χ1v) is 7.25. The van der Waals surface area contributed by atoms with Gasteiger partial charge in [0, 0.05) is 18.2 Å². The molecule has 106 valence electrons. The van der Waals surface area contributed by atoms with Gasteiger partial charge in [-0.1, -0.05) is 62.4 Å². The highest BCUT2D eigenvalue weighted by Crippen LogP contribution is 2.21. The smallest absolute Gasteiger partial charge is 0.127 e. The van der Waals surface area contributed by atoms with E-state index in [2.05, 4.69) is 43.4 Å². The SMILES string of the molecule is CCC(NCC(C)c1ccccc1)c1ccccc1F. The van der Waals surface area contributed by atoms with Crippen molar-refractivity contribution in [2.45, 2.75) is 32.2 Å². The Balaban J connectivity index is 2.00. The van der Waals surface area contributed by atoms with Gasteiger partial charge in [0.15, 0.2) is 0 Å². The van der Waals surface area contributed by atoms with E-state index in [1.165, 1.54) is 11.6 Å². The Morgan fingerprint density at radius 2 is 1.65 bits per heavy atom. The van der Waals surface area contributed by atoms with E-state index in [1.807, 2.05) is 18.2 Å². The second kappa shape index (κ2) is 7.20. The number of hydrogen-bond donors (Lipinski definition) is 1. The quantitative estimate of drug-likeness (QED) is 0.805. The Kier molecular flexibility index (Phi) is 5.31. The van der Waals surface area contributed by atoms with Crippen LogP contribution in [0.5, 0.6) is 0 Å². The molecule has 0 aliphatic heterocycles. The second-order valence-corrected chi connectivity index (χ2v) is 5.20. The molecule has 2 aromatic rings. The summed E-state index contributed by atoms with van der Waals surface area (Å²) >= 11 is 0. The van der Waals surface area contributed by atoms with Gasteiger partial charge < -0.3 is 5.32 Å². The van der Waals surface area contributed by atoms with Crippen LogP contribution in [0.1, 0.15) is 43.4 Å². The van der Waals surface area contributed by atoms with Crippen molar-refractivity contribution in [2.75, 3.05) is 6.54 Å². The van der Waals surface area contributed by atoms with Crippen LogP contribution >= 0.6 is 0 Å². The molecule has 2 atom stereocenters. The minimum absolute atomic E-state index is 0.0716. The first kappa shape index (κ1) is 14.7. The first-order valence-electron chi connectivity index (χ1n) is 7.25. The fourth-order valence-electron chi connectivity index (χ4n) is 2.45. The zero-order valence-electron chi connectivity index (χ0n) is 12.1. The molecule has 0 bridgehead atoms. The van der Waals surface area contributed by atoms with Crippen LogP contribution in [0.3, 0.4) is 0 Å². The minimum atomic E-state index is -0.126. The summed E-state index contributed by atoms with van der Waals surface area (Å²) in [6.07, 6.45) is 0.877. The van der Waals surface area contributed by atoms with Crippen LogP contribution in [-0.4, -0.2) is 6.54 Å².